The number of benzene rings is 9. The number of aromatic nitrogens is 4. The minimum atomic E-state index is 0.608. The van der Waals surface area contributed by atoms with Gasteiger partial charge in [0.1, 0.15) is 11.2 Å². The van der Waals surface area contributed by atoms with Gasteiger partial charge in [0, 0.05) is 49.1 Å². The minimum Gasteiger partial charge on any atom is -0.455 e. The van der Waals surface area contributed by atoms with E-state index in [-0.39, 0.29) is 0 Å². The summed E-state index contributed by atoms with van der Waals surface area (Å²) in [5.74, 6) is 0.608. The monoisotopic (exact) mass is 752 g/mol. The molecule has 0 aliphatic heterocycles. The molecule has 0 radical (unpaired) electrons. The first-order chi connectivity index (χ1) is 29.3. The average Bonchev–Trinajstić information content (AvgIpc) is 3.96. The largest absolute Gasteiger partial charge is 0.455 e. The lowest BCUT2D eigenvalue weighted by Crippen LogP contribution is -2.04. The molecule has 5 nitrogen and oxygen atoms in total. The lowest BCUT2D eigenvalue weighted by molar-refractivity contribution is 0.673. The molecule has 0 saturated heterocycles. The lowest BCUT2D eigenvalue weighted by Gasteiger charge is -2.14. The van der Waals surface area contributed by atoms with E-state index < -0.39 is 0 Å². The summed E-state index contributed by atoms with van der Waals surface area (Å²) < 4.78 is 11.4. The van der Waals surface area contributed by atoms with E-state index >= 15 is 0 Å². The molecule has 0 saturated carbocycles. The number of para-hydroxylation sites is 5. The van der Waals surface area contributed by atoms with Crippen molar-refractivity contribution in [2.45, 2.75) is 0 Å². The third kappa shape index (κ3) is 4.67. The fourth-order valence-electron chi connectivity index (χ4n) is 9.47. The molecule has 0 atom stereocenters. The molecule has 0 fully saturated rings. The minimum absolute atomic E-state index is 0.608. The molecule has 0 amide bonds. The van der Waals surface area contributed by atoms with Gasteiger partial charge in [-0.25, -0.2) is 9.97 Å². The van der Waals surface area contributed by atoms with Gasteiger partial charge in [-0.1, -0.05) is 140 Å². The fraction of sp³-hybridized carbons (Fsp3) is 0. The van der Waals surface area contributed by atoms with Crippen LogP contribution in [0.15, 0.2) is 199 Å². The van der Waals surface area contributed by atoms with Crippen LogP contribution in [0.4, 0.5) is 0 Å². The second-order valence-electron chi connectivity index (χ2n) is 15.3. The molecule has 0 aliphatic rings. The van der Waals surface area contributed by atoms with E-state index in [1.165, 1.54) is 32.6 Å². The zero-order valence-electron chi connectivity index (χ0n) is 31.7. The molecule has 13 aromatic rings. The molecule has 0 spiro atoms. The second kappa shape index (κ2) is 12.2. The molecule has 4 heterocycles. The SMILES string of the molecule is c1ccc2cc(-c3nc(-n4c5ccccc5c5c6oc7ccccc7c6cc(-c6ccc(-n7c8ccccc8c8ccccc87)cc6)c54)nc4ccccc34)ccc2c1. The molecule has 0 bridgehead atoms. The van der Waals surface area contributed by atoms with E-state index in [1.807, 2.05) is 6.07 Å². The van der Waals surface area contributed by atoms with Crippen molar-refractivity contribution in [2.75, 3.05) is 0 Å². The van der Waals surface area contributed by atoms with Gasteiger partial charge in [-0.2, -0.15) is 0 Å². The number of rotatable bonds is 4. The highest BCUT2D eigenvalue weighted by molar-refractivity contribution is 6.27. The van der Waals surface area contributed by atoms with E-state index in [9.17, 15) is 0 Å². The molecule has 0 aliphatic carbocycles. The summed E-state index contributed by atoms with van der Waals surface area (Å²) >= 11 is 0. The van der Waals surface area contributed by atoms with E-state index in [0.717, 1.165) is 82.7 Å². The van der Waals surface area contributed by atoms with Crippen LogP contribution in [-0.4, -0.2) is 19.1 Å². The molecule has 59 heavy (non-hydrogen) atoms. The first kappa shape index (κ1) is 32.1. The summed E-state index contributed by atoms with van der Waals surface area (Å²) in [6.45, 7) is 0. The molecule has 5 heteroatoms. The maximum absolute atomic E-state index is 6.81. The van der Waals surface area contributed by atoms with Crippen LogP contribution in [0.2, 0.25) is 0 Å². The molecular weight excluding hydrogens is 721 g/mol. The third-order valence-corrected chi connectivity index (χ3v) is 12.1. The van der Waals surface area contributed by atoms with Crippen LogP contribution in [0.5, 0.6) is 0 Å². The van der Waals surface area contributed by atoms with Crippen LogP contribution in [0.25, 0.3) is 121 Å². The van der Waals surface area contributed by atoms with Crippen LogP contribution in [0.1, 0.15) is 0 Å². The maximum Gasteiger partial charge on any atom is 0.235 e. The van der Waals surface area contributed by atoms with E-state index in [2.05, 4.69) is 197 Å². The van der Waals surface area contributed by atoms with Gasteiger partial charge in [-0.15, -0.1) is 0 Å². The quantitative estimate of drug-likeness (QED) is 0.180. The van der Waals surface area contributed by atoms with Gasteiger partial charge in [0.05, 0.1) is 38.7 Å². The highest BCUT2D eigenvalue weighted by Gasteiger charge is 2.25. The van der Waals surface area contributed by atoms with Gasteiger partial charge in [0.25, 0.3) is 0 Å². The summed E-state index contributed by atoms with van der Waals surface area (Å²) in [5, 5.41) is 10.2. The molecular formula is C54H32N4O. The maximum atomic E-state index is 6.81. The standard InChI is InChI=1S/C54H32N4O/c1-2-14-35-31-36(26-25-33(35)13-1)51-41-18-3-8-20-45(41)55-54(56-51)58-48-23-11-6-19-42(48)50-52(58)43(32-44-40-17-7-12-24-49(40)59-53(44)50)34-27-29-37(30-28-34)57-46-21-9-4-15-38(46)39-16-5-10-22-47(39)57/h1-32H. The average molecular weight is 753 g/mol. The summed E-state index contributed by atoms with van der Waals surface area (Å²) in [5.41, 5.74) is 12.2. The van der Waals surface area contributed by atoms with Crippen LogP contribution in [-0.2, 0) is 0 Å². The highest BCUT2D eigenvalue weighted by Crippen LogP contribution is 2.46. The van der Waals surface area contributed by atoms with Gasteiger partial charge in [0.2, 0.25) is 5.95 Å². The van der Waals surface area contributed by atoms with Gasteiger partial charge in [-0.3, -0.25) is 4.57 Å². The van der Waals surface area contributed by atoms with Gasteiger partial charge in [-0.05, 0) is 70.9 Å². The fourth-order valence-corrected chi connectivity index (χ4v) is 9.47. The Balaban J connectivity index is 1.12. The van der Waals surface area contributed by atoms with Crippen molar-refractivity contribution in [3.8, 4) is 34.0 Å². The van der Waals surface area contributed by atoms with Gasteiger partial charge < -0.3 is 8.98 Å². The molecule has 0 N–H and O–H groups in total. The number of furan rings is 1. The number of nitrogens with zero attached hydrogens (tertiary/aromatic N) is 4. The highest BCUT2D eigenvalue weighted by atomic mass is 16.3. The summed E-state index contributed by atoms with van der Waals surface area (Å²) in [4.78, 5) is 10.8. The Kier molecular flexibility index (Phi) is 6.66. The Morgan fingerprint density at radius 2 is 1.00 bits per heavy atom. The van der Waals surface area contributed by atoms with E-state index in [0.29, 0.717) is 5.95 Å². The predicted molar refractivity (Wildman–Crippen MR) is 244 cm³/mol. The smallest absolute Gasteiger partial charge is 0.235 e. The predicted octanol–water partition coefficient (Wildman–Crippen LogP) is 14.2. The molecule has 4 aromatic heterocycles. The Bertz CT molecular complexity index is 3800. The van der Waals surface area contributed by atoms with E-state index in [4.69, 9.17) is 14.4 Å². The van der Waals surface area contributed by atoms with Crippen molar-refractivity contribution in [3.05, 3.63) is 194 Å². The Hall–Kier alpha value is -8.02. The first-order valence-corrected chi connectivity index (χ1v) is 20.0. The Morgan fingerprint density at radius 3 is 1.76 bits per heavy atom. The zero-order valence-corrected chi connectivity index (χ0v) is 31.7. The molecule has 274 valence electrons. The summed E-state index contributed by atoms with van der Waals surface area (Å²) in [6.07, 6.45) is 0. The topological polar surface area (TPSA) is 48.8 Å². The van der Waals surface area contributed by atoms with Crippen molar-refractivity contribution in [1.29, 1.82) is 0 Å². The summed E-state index contributed by atoms with van der Waals surface area (Å²) in [6, 6.07) is 68.9. The third-order valence-electron chi connectivity index (χ3n) is 12.1. The Labute approximate surface area is 337 Å². The van der Waals surface area contributed by atoms with Gasteiger partial charge in [0.15, 0.2) is 0 Å². The number of fused-ring (bicyclic) bond motifs is 12. The van der Waals surface area contributed by atoms with Crippen LogP contribution < -0.4 is 0 Å². The van der Waals surface area contributed by atoms with E-state index in [1.54, 1.807) is 0 Å². The lowest BCUT2D eigenvalue weighted by atomic mass is 9.98. The summed E-state index contributed by atoms with van der Waals surface area (Å²) in [7, 11) is 0. The zero-order chi connectivity index (χ0) is 38.6. The van der Waals surface area contributed by atoms with Crippen molar-refractivity contribution >= 4 is 87.2 Å². The molecule has 9 aromatic carbocycles. The van der Waals surface area contributed by atoms with Crippen LogP contribution in [0.3, 0.4) is 0 Å². The normalized spacial score (nSPS) is 12.1. The first-order valence-electron chi connectivity index (χ1n) is 20.0. The van der Waals surface area contributed by atoms with Crippen molar-refractivity contribution in [1.82, 2.24) is 19.1 Å². The van der Waals surface area contributed by atoms with Crippen LogP contribution in [0, 0.1) is 0 Å². The molecule has 0 unspecified atom stereocenters. The second-order valence-corrected chi connectivity index (χ2v) is 15.3. The Morgan fingerprint density at radius 1 is 0.407 bits per heavy atom. The van der Waals surface area contributed by atoms with Crippen molar-refractivity contribution in [3.63, 3.8) is 0 Å². The van der Waals surface area contributed by atoms with Crippen LogP contribution >= 0.6 is 0 Å². The van der Waals surface area contributed by atoms with Crippen molar-refractivity contribution in [2.24, 2.45) is 0 Å². The van der Waals surface area contributed by atoms with Crippen molar-refractivity contribution < 1.29 is 4.42 Å². The number of hydrogen-bond donors (Lipinski definition) is 0. The van der Waals surface area contributed by atoms with Gasteiger partial charge >= 0.3 is 0 Å². The molecule has 13 rings (SSSR count). The number of hydrogen-bond acceptors (Lipinski definition) is 3.